The van der Waals surface area contributed by atoms with Crippen molar-refractivity contribution < 1.29 is 19.1 Å². The van der Waals surface area contributed by atoms with Crippen LogP contribution in [0.2, 0.25) is 0 Å². The fourth-order valence-corrected chi connectivity index (χ4v) is 9.57. The van der Waals surface area contributed by atoms with Crippen molar-refractivity contribution in [3.05, 3.63) is 11.8 Å². The molecule has 6 aliphatic rings. The number of likely N-dealkylation sites (tertiary alicyclic amines) is 1. The predicted octanol–water partition coefficient (Wildman–Crippen LogP) is 4.04. The summed E-state index contributed by atoms with van der Waals surface area (Å²) in [5.74, 6) is 2.54. The summed E-state index contributed by atoms with van der Waals surface area (Å²) in [7, 11) is 0. The number of nitrogens with zero attached hydrogens (tertiary/aromatic N) is 2. The summed E-state index contributed by atoms with van der Waals surface area (Å²) in [6.07, 6.45) is 11.5. The first-order valence-corrected chi connectivity index (χ1v) is 14.3. The molecule has 0 N–H and O–H groups in total. The van der Waals surface area contributed by atoms with Crippen LogP contribution in [0, 0.1) is 34.5 Å². The van der Waals surface area contributed by atoms with Gasteiger partial charge >= 0.3 is 5.97 Å². The van der Waals surface area contributed by atoms with Gasteiger partial charge in [0.1, 0.15) is 6.10 Å². The van der Waals surface area contributed by atoms with E-state index < -0.39 is 0 Å². The minimum Gasteiger partial charge on any atom is -0.460 e. The van der Waals surface area contributed by atoms with Gasteiger partial charge in [0.15, 0.2) is 5.78 Å². The van der Waals surface area contributed by atoms with Crippen LogP contribution < -0.4 is 0 Å². The van der Waals surface area contributed by atoms with Crippen LogP contribution in [-0.2, 0) is 19.1 Å². The highest BCUT2D eigenvalue weighted by atomic mass is 16.5. The molecule has 3 saturated carbocycles. The van der Waals surface area contributed by atoms with E-state index in [4.69, 9.17) is 9.47 Å². The third-order valence-corrected chi connectivity index (χ3v) is 11.3. The standard InChI is InChI=1S/C29H44N2O4/c1-19(32)35-27-24(30-10-4-5-11-30)17-23-21-7-6-20-16-26(33)25(31-12-14-34-15-13-31)18-29(20,3)22(21)8-9-28(23,27)2/h18,20-24,27H,4-17H2,1-3H3/t20-,21?,22-,23-,24-,27-,28-,29-/m0/s1. The van der Waals surface area contributed by atoms with Crippen molar-refractivity contribution >= 4 is 11.8 Å². The topological polar surface area (TPSA) is 59.1 Å². The molecule has 0 bridgehead atoms. The molecule has 0 aromatic rings. The first-order chi connectivity index (χ1) is 16.8. The van der Waals surface area contributed by atoms with Crippen molar-refractivity contribution in [2.45, 2.75) is 84.3 Å². The highest BCUT2D eigenvalue weighted by Gasteiger charge is 2.64. The minimum atomic E-state index is -0.122. The molecule has 0 amide bonds. The number of hydrogen-bond acceptors (Lipinski definition) is 6. The van der Waals surface area contributed by atoms with E-state index in [1.807, 2.05) is 0 Å². The number of hydrogen-bond donors (Lipinski definition) is 0. The second kappa shape index (κ2) is 8.86. The Bertz CT molecular complexity index is 891. The third kappa shape index (κ3) is 3.80. The SMILES string of the molecule is CC(=O)O[C@H]1[C@@H](N2CCCC2)C[C@H]2C3CC[C@H]4CC(=O)C(N5CCOCC5)=C[C@]4(C)[C@H]3CC[C@@]21C. The van der Waals surface area contributed by atoms with E-state index in [2.05, 4.69) is 29.7 Å². The monoisotopic (exact) mass is 484 g/mol. The lowest BCUT2D eigenvalue weighted by molar-refractivity contribution is -0.162. The number of esters is 1. The molecule has 6 rings (SSSR count). The van der Waals surface area contributed by atoms with Gasteiger partial charge in [0.2, 0.25) is 0 Å². The Balaban J connectivity index is 1.32. The molecule has 2 saturated heterocycles. The van der Waals surface area contributed by atoms with Gasteiger partial charge in [0.05, 0.1) is 18.9 Å². The third-order valence-electron chi connectivity index (χ3n) is 11.3. The van der Waals surface area contributed by atoms with E-state index in [0.717, 1.165) is 51.1 Å². The molecule has 2 heterocycles. The minimum absolute atomic E-state index is 0.0157. The summed E-state index contributed by atoms with van der Waals surface area (Å²) in [5, 5.41) is 0. The van der Waals surface area contributed by atoms with Crippen molar-refractivity contribution in [3.8, 4) is 0 Å². The van der Waals surface area contributed by atoms with Gasteiger partial charge in [-0.2, -0.15) is 0 Å². The van der Waals surface area contributed by atoms with E-state index in [1.54, 1.807) is 6.92 Å². The Kier molecular flexibility index (Phi) is 6.07. The smallest absolute Gasteiger partial charge is 0.302 e. The van der Waals surface area contributed by atoms with Gasteiger partial charge < -0.3 is 14.4 Å². The fraction of sp³-hybridized carbons (Fsp3) is 0.862. The summed E-state index contributed by atoms with van der Waals surface area (Å²) in [6, 6.07) is 0.369. The molecule has 0 spiro atoms. The van der Waals surface area contributed by atoms with Crippen LogP contribution in [0.15, 0.2) is 11.8 Å². The zero-order valence-corrected chi connectivity index (χ0v) is 22.0. The molecule has 35 heavy (non-hydrogen) atoms. The van der Waals surface area contributed by atoms with Gasteiger partial charge in [-0.05, 0) is 87.1 Å². The van der Waals surface area contributed by atoms with Gasteiger partial charge in [-0.3, -0.25) is 14.5 Å². The zero-order chi connectivity index (χ0) is 24.4. The lowest BCUT2D eigenvalue weighted by Gasteiger charge is -2.59. The summed E-state index contributed by atoms with van der Waals surface area (Å²) in [6.45, 7) is 11.9. The number of rotatable bonds is 3. The van der Waals surface area contributed by atoms with E-state index >= 15 is 0 Å². The molecular weight excluding hydrogens is 440 g/mol. The first-order valence-electron chi connectivity index (χ1n) is 14.3. The van der Waals surface area contributed by atoms with Gasteiger partial charge in [-0.15, -0.1) is 0 Å². The van der Waals surface area contributed by atoms with Crippen molar-refractivity contribution in [2.24, 2.45) is 34.5 Å². The van der Waals surface area contributed by atoms with Crippen LogP contribution in [-0.4, -0.2) is 73.1 Å². The average molecular weight is 485 g/mol. The Morgan fingerprint density at radius 1 is 1.06 bits per heavy atom. The van der Waals surface area contributed by atoms with Crippen LogP contribution in [0.25, 0.3) is 0 Å². The number of ether oxygens (including phenoxy) is 2. The Morgan fingerprint density at radius 2 is 1.80 bits per heavy atom. The average Bonchev–Trinajstić information content (AvgIpc) is 3.46. The van der Waals surface area contributed by atoms with Gasteiger partial charge in [-0.1, -0.05) is 19.9 Å². The van der Waals surface area contributed by atoms with Crippen molar-refractivity contribution in [3.63, 3.8) is 0 Å². The summed E-state index contributed by atoms with van der Waals surface area (Å²) >= 11 is 0. The van der Waals surface area contributed by atoms with E-state index in [1.165, 1.54) is 25.7 Å². The quantitative estimate of drug-likeness (QED) is 0.564. The van der Waals surface area contributed by atoms with Gasteiger partial charge in [-0.25, -0.2) is 0 Å². The number of morpholine rings is 1. The number of fused-ring (bicyclic) bond motifs is 5. The normalized spacial score (nSPS) is 46.0. The number of allylic oxidation sites excluding steroid dienone is 2. The summed E-state index contributed by atoms with van der Waals surface area (Å²) < 4.78 is 11.7. The molecule has 6 heteroatoms. The van der Waals surface area contributed by atoms with E-state index in [0.29, 0.717) is 55.1 Å². The molecular formula is C29H44N2O4. The van der Waals surface area contributed by atoms with Gasteiger partial charge in [0.25, 0.3) is 0 Å². The van der Waals surface area contributed by atoms with Crippen molar-refractivity contribution in [1.82, 2.24) is 9.80 Å². The highest BCUT2D eigenvalue weighted by molar-refractivity contribution is 5.96. The molecule has 6 nitrogen and oxygen atoms in total. The van der Waals surface area contributed by atoms with Crippen molar-refractivity contribution in [2.75, 3.05) is 39.4 Å². The molecule has 0 aromatic heterocycles. The molecule has 8 atom stereocenters. The van der Waals surface area contributed by atoms with Crippen LogP contribution in [0.5, 0.6) is 0 Å². The summed E-state index contributed by atoms with van der Waals surface area (Å²) in [5.41, 5.74) is 1.11. The van der Waals surface area contributed by atoms with E-state index in [9.17, 15) is 9.59 Å². The molecule has 2 aliphatic heterocycles. The number of carbonyl (C=O) groups excluding carboxylic acids is 2. The molecule has 4 aliphatic carbocycles. The Hall–Kier alpha value is -1.40. The molecule has 5 fully saturated rings. The Labute approximate surface area is 210 Å². The maximum Gasteiger partial charge on any atom is 0.302 e. The second-order valence-corrected chi connectivity index (χ2v) is 12.9. The first kappa shape index (κ1) is 24.0. The van der Waals surface area contributed by atoms with Crippen LogP contribution in [0.1, 0.15) is 72.1 Å². The second-order valence-electron chi connectivity index (χ2n) is 12.9. The van der Waals surface area contributed by atoms with Gasteiger partial charge in [0, 0.05) is 37.9 Å². The van der Waals surface area contributed by atoms with Crippen LogP contribution >= 0.6 is 0 Å². The molecule has 194 valence electrons. The zero-order valence-electron chi connectivity index (χ0n) is 22.0. The number of ketones is 1. The largest absolute Gasteiger partial charge is 0.460 e. The number of Topliss-reactive ketones (excluding diaryl/α,β-unsaturated/α-hetero) is 1. The highest BCUT2D eigenvalue weighted by Crippen LogP contribution is 2.66. The van der Waals surface area contributed by atoms with Crippen molar-refractivity contribution in [1.29, 1.82) is 0 Å². The maximum absolute atomic E-state index is 13.2. The fourth-order valence-electron chi connectivity index (χ4n) is 9.57. The maximum atomic E-state index is 13.2. The van der Waals surface area contributed by atoms with E-state index in [-0.39, 0.29) is 22.9 Å². The van der Waals surface area contributed by atoms with Crippen LogP contribution in [0.3, 0.4) is 0 Å². The lowest BCUT2D eigenvalue weighted by atomic mass is 9.46. The lowest BCUT2D eigenvalue weighted by Crippen LogP contribution is -2.55. The predicted molar refractivity (Wildman–Crippen MR) is 134 cm³/mol. The molecule has 0 aromatic carbocycles. The Morgan fingerprint density at radius 3 is 2.51 bits per heavy atom. The number of carbonyl (C=O) groups is 2. The van der Waals surface area contributed by atoms with Crippen LogP contribution in [0.4, 0.5) is 0 Å². The molecule has 0 radical (unpaired) electrons. The molecule has 1 unspecified atom stereocenters. The summed E-state index contributed by atoms with van der Waals surface area (Å²) in [4.78, 5) is 30.4.